The van der Waals surface area contributed by atoms with Crippen molar-refractivity contribution in [1.29, 1.82) is 0 Å². The Labute approximate surface area is 114 Å². The van der Waals surface area contributed by atoms with Crippen LogP contribution < -0.4 is 15.4 Å². The van der Waals surface area contributed by atoms with Gasteiger partial charge in [0.25, 0.3) is 0 Å². The second-order valence-corrected chi connectivity index (χ2v) is 5.27. The van der Waals surface area contributed by atoms with Gasteiger partial charge in [-0.05, 0) is 18.2 Å². The number of carbonyl (C=O) groups excluding carboxylic acids is 1. The second kappa shape index (κ2) is 6.43. The minimum atomic E-state index is -0.227. The number of amides is 1. The Kier molecular flexibility index (Phi) is 5.18. The number of nitrogens with one attached hydrogen (secondary N) is 2. The lowest BCUT2D eigenvalue weighted by molar-refractivity contribution is -0.114. The van der Waals surface area contributed by atoms with Crippen LogP contribution in [0.2, 0.25) is 0 Å². The highest BCUT2D eigenvalue weighted by Gasteiger charge is 2.17. The van der Waals surface area contributed by atoms with E-state index in [1.807, 2.05) is 19.9 Å². The first-order valence-electron chi connectivity index (χ1n) is 6.18. The lowest BCUT2D eigenvalue weighted by Crippen LogP contribution is -2.27. The van der Waals surface area contributed by atoms with E-state index in [4.69, 9.17) is 4.74 Å². The summed E-state index contributed by atoms with van der Waals surface area (Å²) in [4.78, 5) is 11.0. The monoisotopic (exact) mass is 266 g/mol. The van der Waals surface area contributed by atoms with Crippen molar-refractivity contribution in [1.82, 2.24) is 0 Å². The van der Waals surface area contributed by atoms with E-state index >= 15 is 0 Å². The number of hydrogen-bond acceptors (Lipinski definition) is 4. The van der Waals surface area contributed by atoms with Crippen LogP contribution >= 0.6 is 0 Å². The summed E-state index contributed by atoms with van der Waals surface area (Å²) in [5.74, 6) is 0.578. The summed E-state index contributed by atoms with van der Waals surface area (Å²) >= 11 is 0. The molecule has 0 fully saturated rings. The smallest absolute Gasteiger partial charge is 0.221 e. The largest absolute Gasteiger partial charge is 0.495 e. The SMILES string of the molecule is COc1ccc(NC(C)=O)cc1NCC(C)(C)CO. The van der Waals surface area contributed by atoms with Crippen molar-refractivity contribution in [3.63, 3.8) is 0 Å². The number of aliphatic hydroxyl groups is 1. The number of ether oxygens (including phenoxy) is 1. The van der Waals surface area contributed by atoms with Gasteiger partial charge in [-0.25, -0.2) is 0 Å². The molecule has 0 unspecified atom stereocenters. The van der Waals surface area contributed by atoms with Crippen LogP contribution in [-0.4, -0.2) is 31.3 Å². The average molecular weight is 266 g/mol. The van der Waals surface area contributed by atoms with Crippen molar-refractivity contribution in [2.24, 2.45) is 5.41 Å². The molecule has 5 heteroatoms. The molecule has 0 radical (unpaired) electrons. The lowest BCUT2D eigenvalue weighted by atomic mass is 9.95. The molecular weight excluding hydrogens is 244 g/mol. The van der Waals surface area contributed by atoms with E-state index in [1.165, 1.54) is 6.92 Å². The van der Waals surface area contributed by atoms with Gasteiger partial charge in [0.15, 0.2) is 0 Å². The van der Waals surface area contributed by atoms with Crippen LogP contribution in [0.5, 0.6) is 5.75 Å². The summed E-state index contributed by atoms with van der Waals surface area (Å²) in [5, 5.41) is 15.2. The molecule has 0 aliphatic heterocycles. The standard InChI is InChI=1S/C14H22N2O3/c1-10(18)16-11-5-6-13(19-4)12(7-11)15-8-14(2,3)9-17/h5-7,15,17H,8-9H2,1-4H3,(H,16,18). The highest BCUT2D eigenvalue weighted by Crippen LogP contribution is 2.29. The van der Waals surface area contributed by atoms with Crippen molar-refractivity contribution >= 4 is 17.3 Å². The van der Waals surface area contributed by atoms with E-state index in [0.29, 0.717) is 18.0 Å². The molecule has 1 amide bonds. The normalized spacial score (nSPS) is 11.0. The minimum absolute atomic E-state index is 0.0910. The summed E-state index contributed by atoms with van der Waals surface area (Å²) in [6, 6.07) is 5.38. The highest BCUT2D eigenvalue weighted by atomic mass is 16.5. The molecule has 0 saturated heterocycles. The third-order valence-electron chi connectivity index (χ3n) is 2.71. The molecule has 0 saturated carbocycles. The Hall–Kier alpha value is -1.75. The molecule has 0 heterocycles. The molecule has 0 aliphatic rings. The van der Waals surface area contributed by atoms with E-state index in [9.17, 15) is 9.90 Å². The van der Waals surface area contributed by atoms with E-state index in [0.717, 1.165) is 5.69 Å². The van der Waals surface area contributed by atoms with Gasteiger partial charge in [0.2, 0.25) is 5.91 Å². The predicted octanol–water partition coefficient (Wildman–Crippen LogP) is 2.08. The van der Waals surface area contributed by atoms with Crippen LogP contribution in [0.4, 0.5) is 11.4 Å². The zero-order chi connectivity index (χ0) is 14.5. The maximum absolute atomic E-state index is 11.0. The minimum Gasteiger partial charge on any atom is -0.495 e. The molecule has 5 nitrogen and oxygen atoms in total. The number of hydrogen-bond donors (Lipinski definition) is 3. The van der Waals surface area contributed by atoms with Crippen LogP contribution in [0, 0.1) is 5.41 Å². The van der Waals surface area contributed by atoms with Crippen molar-refractivity contribution in [3.05, 3.63) is 18.2 Å². The van der Waals surface area contributed by atoms with Crippen molar-refractivity contribution in [2.45, 2.75) is 20.8 Å². The number of carbonyl (C=O) groups is 1. The van der Waals surface area contributed by atoms with Gasteiger partial charge in [0, 0.05) is 31.2 Å². The number of methoxy groups -OCH3 is 1. The molecule has 0 spiro atoms. The van der Waals surface area contributed by atoms with E-state index in [-0.39, 0.29) is 17.9 Å². The summed E-state index contributed by atoms with van der Waals surface area (Å²) in [6.07, 6.45) is 0. The fourth-order valence-electron chi connectivity index (χ4n) is 1.52. The molecule has 1 aromatic carbocycles. The summed E-state index contributed by atoms with van der Waals surface area (Å²) < 4.78 is 5.27. The molecule has 0 bridgehead atoms. The average Bonchev–Trinajstić information content (AvgIpc) is 2.36. The number of aliphatic hydroxyl groups excluding tert-OH is 1. The van der Waals surface area contributed by atoms with Crippen molar-refractivity contribution in [2.75, 3.05) is 30.9 Å². The Morgan fingerprint density at radius 2 is 2.11 bits per heavy atom. The zero-order valence-electron chi connectivity index (χ0n) is 11.9. The quantitative estimate of drug-likeness (QED) is 0.737. The molecule has 3 N–H and O–H groups in total. The molecule has 1 rings (SSSR count). The van der Waals surface area contributed by atoms with Crippen LogP contribution in [0.15, 0.2) is 18.2 Å². The van der Waals surface area contributed by atoms with Gasteiger partial charge in [-0.3, -0.25) is 4.79 Å². The second-order valence-electron chi connectivity index (χ2n) is 5.27. The Morgan fingerprint density at radius 3 is 2.63 bits per heavy atom. The summed E-state index contributed by atoms with van der Waals surface area (Å²) in [5.41, 5.74) is 1.27. The van der Waals surface area contributed by atoms with Gasteiger partial charge in [0.1, 0.15) is 5.75 Å². The Morgan fingerprint density at radius 1 is 1.42 bits per heavy atom. The van der Waals surface area contributed by atoms with Gasteiger partial charge in [-0.1, -0.05) is 13.8 Å². The lowest BCUT2D eigenvalue weighted by Gasteiger charge is -2.23. The molecule has 1 aromatic rings. The summed E-state index contributed by atoms with van der Waals surface area (Å²) in [6.45, 7) is 6.08. The molecule has 19 heavy (non-hydrogen) atoms. The fraction of sp³-hybridized carbons (Fsp3) is 0.500. The van der Waals surface area contributed by atoms with Gasteiger partial charge >= 0.3 is 0 Å². The van der Waals surface area contributed by atoms with Gasteiger partial charge in [-0.15, -0.1) is 0 Å². The predicted molar refractivity (Wildman–Crippen MR) is 76.7 cm³/mol. The molecule has 0 atom stereocenters. The van der Waals surface area contributed by atoms with Crippen molar-refractivity contribution < 1.29 is 14.6 Å². The topological polar surface area (TPSA) is 70.6 Å². The molecule has 106 valence electrons. The van der Waals surface area contributed by atoms with Crippen LogP contribution in [0.1, 0.15) is 20.8 Å². The van der Waals surface area contributed by atoms with E-state index < -0.39 is 0 Å². The first-order valence-corrected chi connectivity index (χ1v) is 6.18. The zero-order valence-corrected chi connectivity index (χ0v) is 11.9. The van der Waals surface area contributed by atoms with E-state index in [2.05, 4.69) is 10.6 Å². The highest BCUT2D eigenvalue weighted by molar-refractivity contribution is 5.89. The molecular formula is C14H22N2O3. The van der Waals surface area contributed by atoms with Gasteiger partial charge in [-0.2, -0.15) is 0 Å². The van der Waals surface area contributed by atoms with Crippen LogP contribution in [-0.2, 0) is 4.79 Å². The number of rotatable bonds is 6. The molecule has 0 aliphatic carbocycles. The molecule has 0 aromatic heterocycles. The Balaban J connectivity index is 2.87. The maximum Gasteiger partial charge on any atom is 0.221 e. The van der Waals surface area contributed by atoms with Crippen LogP contribution in [0.25, 0.3) is 0 Å². The van der Waals surface area contributed by atoms with Gasteiger partial charge in [0.05, 0.1) is 12.8 Å². The number of benzene rings is 1. The first-order chi connectivity index (χ1) is 8.88. The summed E-state index contributed by atoms with van der Waals surface area (Å²) in [7, 11) is 1.59. The first kappa shape index (κ1) is 15.3. The van der Waals surface area contributed by atoms with E-state index in [1.54, 1.807) is 19.2 Å². The fourth-order valence-corrected chi connectivity index (χ4v) is 1.52. The third-order valence-corrected chi connectivity index (χ3v) is 2.71. The number of anilines is 2. The maximum atomic E-state index is 11.0. The van der Waals surface area contributed by atoms with Crippen molar-refractivity contribution in [3.8, 4) is 5.75 Å². The van der Waals surface area contributed by atoms with Crippen LogP contribution in [0.3, 0.4) is 0 Å². The third kappa shape index (κ3) is 4.79. The Bertz CT molecular complexity index is 444. The van der Waals surface area contributed by atoms with Gasteiger partial charge < -0.3 is 20.5 Å².